The Bertz CT molecular complexity index is 2470. The summed E-state index contributed by atoms with van der Waals surface area (Å²) in [5, 5.41) is 58.7. The molecule has 0 aliphatic rings. The molecule has 3 aromatic rings. The number of guanidine groups is 1. The number of carboxylic acids is 2. The number of amides is 8. The van der Waals surface area contributed by atoms with Crippen molar-refractivity contribution in [2.24, 2.45) is 22.4 Å². The smallest absolute Gasteiger partial charge is 0.326 e. The van der Waals surface area contributed by atoms with Crippen LogP contribution in [0, 0.1) is 5.92 Å². The van der Waals surface area contributed by atoms with E-state index in [1.54, 1.807) is 44.2 Å². The first-order valence-corrected chi connectivity index (χ1v) is 24.0. The second-order valence-electron chi connectivity index (χ2n) is 17.6. The molecule has 0 aliphatic carbocycles. The summed E-state index contributed by atoms with van der Waals surface area (Å²) in [5.41, 5.74) is 12.2. The summed E-state index contributed by atoms with van der Waals surface area (Å²) in [6.07, 6.45) is -0.828. The predicted molar refractivity (Wildman–Crippen MR) is 271 cm³/mol. The third-order valence-electron chi connectivity index (χ3n) is 11.5. The summed E-state index contributed by atoms with van der Waals surface area (Å²) in [5.74, 6) is -10.2. The van der Waals surface area contributed by atoms with E-state index in [-0.39, 0.29) is 49.7 Å². The molecule has 75 heavy (non-hydrogen) atoms. The monoisotopic (exact) mass is 1050 g/mol. The van der Waals surface area contributed by atoms with Crippen molar-refractivity contribution in [3.63, 3.8) is 0 Å². The number of benzene rings is 3. The quantitative estimate of drug-likeness (QED) is 0.0195. The second kappa shape index (κ2) is 31.0. The van der Waals surface area contributed by atoms with E-state index in [0.29, 0.717) is 29.5 Å². The molecule has 0 saturated carbocycles. The number of aromatic hydroxyl groups is 2. The Hall–Kier alpha value is -8.77. The van der Waals surface area contributed by atoms with Gasteiger partial charge in [0.1, 0.15) is 47.8 Å². The minimum Gasteiger partial charge on any atom is -0.508 e. The highest BCUT2D eigenvalue weighted by atomic mass is 16.4. The molecule has 16 N–H and O–H groups in total. The molecule has 3 rings (SSSR count). The predicted octanol–water partition coefficient (Wildman–Crippen LogP) is -1.66. The molecule has 0 fully saturated rings. The fraction of sp³-hybridized carbons (Fsp3) is 0.420. The summed E-state index contributed by atoms with van der Waals surface area (Å²) < 4.78 is 0. The Kier molecular flexibility index (Phi) is 25.0. The highest BCUT2D eigenvalue weighted by molar-refractivity contribution is 5.97. The van der Waals surface area contributed by atoms with E-state index in [1.165, 1.54) is 55.5 Å². The highest BCUT2D eigenvalue weighted by Gasteiger charge is 2.34. The van der Waals surface area contributed by atoms with Crippen molar-refractivity contribution in [2.45, 2.75) is 108 Å². The molecule has 0 bridgehead atoms. The molecule has 7 atom stereocenters. The molecule has 0 saturated heterocycles. The van der Waals surface area contributed by atoms with Crippen LogP contribution in [0.5, 0.6) is 11.5 Å². The van der Waals surface area contributed by atoms with E-state index in [0.717, 1.165) is 0 Å². The number of rotatable bonds is 31. The lowest BCUT2D eigenvalue weighted by molar-refractivity contribution is -0.143. The van der Waals surface area contributed by atoms with Crippen LogP contribution in [-0.4, -0.2) is 141 Å². The van der Waals surface area contributed by atoms with Gasteiger partial charge in [0.05, 0.1) is 13.1 Å². The fourth-order valence-corrected chi connectivity index (χ4v) is 7.32. The average molecular weight is 1050 g/mol. The average Bonchev–Trinajstić information content (AvgIpc) is 3.36. The lowest BCUT2D eigenvalue weighted by Gasteiger charge is -2.29. The van der Waals surface area contributed by atoms with Gasteiger partial charge in [0.15, 0.2) is 5.96 Å². The zero-order valence-corrected chi connectivity index (χ0v) is 41.8. The first kappa shape index (κ1) is 60.5. The number of carbonyl (C=O) groups excluding carboxylic acids is 8. The van der Waals surface area contributed by atoms with Gasteiger partial charge >= 0.3 is 11.9 Å². The van der Waals surface area contributed by atoms with Gasteiger partial charge in [-0.25, -0.2) is 4.79 Å². The van der Waals surface area contributed by atoms with Gasteiger partial charge in [0.2, 0.25) is 47.3 Å². The number of carbonyl (C=O) groups is 10. The van der Waals surface area contributed by atoms with E-state index in [9.17, 15) is 68.4 Å². The molecule has 406 valence electrons. The zero-order valence-electron chi connectivity index (χ0n) is 41.8. The molecule has 0 aromatic heterocycles. The number of hydrogen-bond donors (Lipinski definition) is 14. The SMILES string of the molecule is CC[C@H](C)[C@H](NC(=O)[C@H](Cc1ccccc1)NC(=O)CNC(=O)[C@H](Cc1ccc(O)cc1)NC(=O)CNC(=O)[C@H](CCCN=C(N)N)NC(C)=O)C(=O)N[C@@H](CCC(=O)O)C(=O)N[C@@H](Cc1ccc(O)cc1)C(=O)O. The van der Waals surface area contributed by atoms with E-state index >= 15 is 0 Å². The van der Waals surface area contributed by atoms with Crippen molar-refractivity contribution in [1.29, 1.82) is 0 Å². The summed E-state index contributed by atoms with van der Waals surface area (Å²) in [6.45, 7) is 3.37. The van der Waals surface area contributed by atoms with Crippen LogP contribution in [0.25, 0.3) is 0 Å². The molecule has 25 nitrogen and oxygen atoms in total. The number of nitrogens with zero attached hydrogens (tertiary/aromatic N) is 1. The van der Waals surface area contributed by atoms with Gasteiger partial charge in [-0.1, -0.05) is 74.9 Å². The van der Waals surface area contributed by atoms with Crippen LogP contribution in [-0.2, 0) is 67.2 Å². The summed E-state index contributed by atoms with van der Waals surface area (Å²) >= 11 is 0. The van der Waals surface area contributed by atoms with Crippen LogP contribution in [0.15, 0.2) is 83.9 Å². The van der Waals surface area contributed by atoms with Crippen molar-refractivity contribution < 1.29 is 68.4 Å². The Morgan fingerprint density at radius 3 is 1.48 bits per heavy atom. The Labute approximate surface area is 432 Å². The third kappa shape index (κ3) is 22.7. The Balaban J connectivity index is 1.79. The number of phenols is 2. The lowest BCUT2D eigenvalue weighted by Crippen LogP contribution is -2.60. The van der Waals surface area contributed by atoms with Crippen LogP contribution >= 0.6 is 0 Å². The number of hydrogen-bond acceptors (Lipinski definition) is 13. The van der Waals surface area contributed by atoms with E-state index in [2.05, 4.69) is 47.5 Å². The standard InChI is InChI=1S/C50H67N11O14/c1-4-28(2)43(48(73)59-36(20-21-42(67)68)46(71)60-39(49(74)75)25-32-14-18-34(64)19-15-32)61-47(72)38(23-30-9-6-5-7-10-30)58-41(66)27-55-45(70)37(24-31-12-16-33(63)17-13-31)57-40(65)26-54-44(69)35(56-29(3)62)11-8-22-53-50(51)52/h5-7,9-10,12-19,28,35-39,43,63-64H,4,8,11,20-27H2,1-3H3,(H,54,69)(H,55,70)(H,56,62)(H,57,65)(H,58,66)(H,59,73)(H,60,71)(H,61,72)(H,67,68)(H,74,75)(H4,51,52,53)/t28-,35-,36-,37-,38-,39-,43-/m0/s1. The van der Waals surface area contributed by atoms with Crippen molar-refractivity contribution in [1.82, 2.24) is 42.5 Å². The number of nitrogens with one attached hydrogen (secondary N) is 8. The second-order valence-corrected chi connectivity index (χ2v) is 17.6. The molecule has 0 heterocycles. The lowest BCUT2D eigenvalue weighted by atomic mass is 9.96. The number of carboxylic acid groups (broad SMARTS) is 2. The highest BCUT2D eigenvalue weighted by Crippen LogP contribution is 2.15. The minimum atomic E-state index is -1.58. The van der Waals surface area contributed by atoms with Gasteiger partial charge < -0.3 is 74.4 Å². The van der Waals surface area contributed by atoms with Gasteiger partial charge in [0, 0.05) is 39.2 Å². The minimum absolute atomic E-state index is 0.0716. The molecule has 0 spiro atoms. The number of phenolic OH excluding ortho intramolecular Hbond substituents is 2. The molecular weight excluding hydrogens is 979 g/mol. The van der Waals surface area contributed by atoms with E-state index < -0.39 is 127 Å². The van der Waals surface area contributed by atoms with Crippen molar-refractivity contribution in [3.05, 3.63) is 95.6 Å². The van der Waals surface area contributed by atoms with Crippen LogP contribution < -0.4 is 54.0 Å². The topological polar surface area (TPSA) is 412 Å². The summed E-state index contributed by atoms with van der Waals surface area (Å²) in [4.78, 5) is 135. The fourth-order valence-electron chi connectivity index (χ4n) is 7.32. The molecule has 8 amide bonds. The molecule has 0 unspecified atom stereocenters. The largest absolute Gasteiger partial charge is 0.508 e. The van der Waals surface area contributed by atoms with E-state index in [4.69, 9.17) is 11.5 Å². The maximum atomic E-state index is 14.2. The van der Waals surface area contributed by atoms with Gasteiger partial charge in [-0.3, -0.25) is 48.1 Å². The van der Waals surface area contributed by atoms with E-state index in [1.807, 2.05) is 0 Å². The van der Waals surface area contributed by atoms with Gasteiger partial charge in [-0.2, -0.15) is 0 Å². The zero-order chi connectivity index (χ0) is 55.6. The van der Waals surface area contributed by atoms with Crippen LogP contribution in [0.1, 0.15) is 69.6 Å². The first-order chi connectivity index (χ1) is 35.5. The molecule has 0 radical (unpaired) electrons. The molecule has 25 heteroatoms. The Morgan fingerprint density at radius 2 is 1.00 bits per heavy atom. The molecular formula is C50H67N11O14. The summed E-state index contributed by atoms with van der Waals surface area (Å²) in [6, 6.07) is 11.5. The maximum Gasteiger partial charge on any atom is 0.326 e. The normalized spacial score (nSPS) is 13.5. The number of aliphatic imine (C=N–C) groups is 1. The summed E-state index contributed by atoms with van der Waals surface area (Å²) in [7, 11) is 0. The molecule has 0 aliphatic heterocycles. The van der Waals surface area contributed by atoms with Crippen molar-refractivity contribution in [2.75, 3.05) is 19.6 Å². The van der Waals surface area contributed by atoms with Crippen LogP contribution in [0.2, 0.25) is 0 Å². The number of nitrogens with two attached hydrogens (primary N) is 2. The maximum absolute atomic E-state index is 14.2. The first-order valence-electron chi connectivity index (χ1n) is 24.0. The number of aliphatic carboxylic acids is 2. The molecule has 3 aromatic carbocycles. The van der Waals surface area contributed by atoms with Gasteiger partial charge in [-0.05, 0) is 66.1 Å². The van der Waals surface area contributed by atoms with Crippen LogP contribution in [0.4, 0.5) is 0 Å². The Morgan fingerprint density at radius 1 is 0.547 bits per heavy atom. The van der Waals surface area contributed by atoms with Crippen molar-refractivity contribution in [3.8, 4) is 11.5 Å². The third-order valence-corrected chi connectivity index (χ3v) is 11.5. The van der Waals surface area contributed by atoms with Crippen molar-refractivity contribution >= 4 is 65.2 Å². The van der Waals surface area contributed by atoms with Crippen LogP contribution in [0.3, 0.4) is 0 Å². The van der Waals surface area contributed by atoms with Gasteiger partial charge in [0.25, 0.3) is 0 Å². The van der Waals surface area contributed by atoms with Gasteiger partial charge in [-0.15, -0.1) is 0 Å².